The molecule has 230 valence electrons. The minimum absolute atomic E-state index is 0.122. The topological polar surface area (TPSA) is 63.1 Å². The van der Waals surface area contributed by atoms with E-state index >= 15 is 8.78 Å². The van der Waals surface area contributed by atoms with Crippen molar-refractivity contribution in [3.63, 3.8) is 0 Å². The largest absolute Gasteiger partial charge is 0.389 e. The molecule has 0 saturated carbocycles. The Morgan fingerprint density at radius 2 is 1.81 bits per heavy atom. The summed E-state index contributed by atoms with van der Waals surface area (Å²) in [5, 5.41) is 17.0. The van der Waals surface area contributed by atoms with Gasteiger partial charge >= 0.3 is 0 Å². The van der Waals surface area contributed by atoms with Crippen LogP contribution in [0.5, 0.6) is 0 Å². The monoisotopic (exact) mass is 581 g/mol. The van der Waals surface area contributed by atoms with Crippen LogP contribution in [0.1, 0.15) is 85.8 Å². The van der Waals surface area contributed by atoms with E-state index in [0.717, 1.165) is 43.7 Å². The number of aliphatic imine (C=N–C) groups is 1. The van der Waals surface area contributed by atoms with Crippen LogP contribution in [0, 0.1) is 12.7 Å². The van der Waals surface area contributed by atoms with Crippen LogP contribution in [0.4, 0.5) is 14.5 Å². The first-order valence-corrected chi connectivity index (χ1v) is 15.1. The Hall–Kier alpha value is -2.97. The summed E-state index contributed by atoms with van der Waals surface area (Å²) in [6.45, 7) is 20.5. The molecule has 42 heavy (non-hydrogen) atoms. The number of nitrogens with one attached hydrogen (secondary N) is 2. The molecule has 2 aliphatic heterocycles. The summed E-state index contributed by atoms with van der Waals surface area (Å²) in [4.78, 5) is 8.83. The molecule has 1 aromatic carbocycles. The highest BCUT2D eigenvalue weighted by molar-refractivity contribution is 5.90. The summed E-state index contributed by atoms with van der Waals surface area (Å²) in [5.41, 5.74) is 6.02. The molecule has 1 aliphatic carbocycles. The van der Waals surface area contributed by atoms with E-state index in [1.54, 1.807) is 6.92 Å². The van der Waals surface area contributed by atoms with E-state index in [9.17, 15) is 5.11 Å². The summed E-state index contributed by atoms with van der Waals surface area (Å²) < 4.78 is 30.5. The van der Waals surface area contributed by atoms with Crippen molar-refractivity contribution in [1.82, 2.24) is 15.5 Å². The summed E-state index contributed by atoms with van der Waals surface area (Å²) in [7, 11) is 0. The second-order valence-corrected chi connectivity index (χ2v) is 13.8. The number of piperidine rings is 1. The molecule has 1 unspecified atom stereocenters. The number of allylic oxidation sites excluding steroid dienone is 5. The molecule has 3 N–H and O–H groups in total. The number of hydrogen-bond donors (Lipinski definition) is 3. The number of fused-ring (bicyclic) bond motifs is 1. The molecule has 0 aromatic heterocycles. The predicted molar refractivity (Wildman–Crippen MR) is 171 cm³/mol. The molecule has 1 aromatic rings. The fourth-order valence-corrected chi connectivity index (χ4v) is 6.44. The van der Waals surface area contributed by atoms with E-state index < -0.39 is 17.7 Å². The van der Waals surface area contributed by atoms with Crippen LogP contribution in [0.15, 0.2) is 57.5 Å². The quantitative estimate of drug-likeness (QED) is 0.333. The molecule has 0 amide bonds. The fraction of sp³-hybridized carbons (Fsp3) is 0.559. The van der Waals surface area contributed by atoms with Gasteiger partial charge < -0.3 is 20.6 Å². The summed E-state index contributed by atoms with van der Waals surface area (Å²) in [5.74, 6) is -0.898. The average molecular weight is 582 g/mol. The molecule has 8 heteroatoms. The normalized spacial score (nSPS) is 23.0. The molecular weight excluding hydrogens is 532 g/mol. The van der Waals surface area contributed by atoms with Crippen molar-refractivity contribution >= 4 is 17.6 Å². The Morgan fingerprint density at radius 1 is 1.10 bits per heavy atom. The highest BCUT2D eigenvalue weighted by Crippen LogP contribution is 2.35. The lowest BCUT2D eigenvalue weighted by atomic mass is 9.89. The number of aliphatic hydroxyl groups is 1. The molecule has 1 atom stereocenters. The highest BCUT2D eigenvalue weighted by Gasteiger charge is 2.29. The number of rotatable bonds is 7. The van der Waals surface area contributed by atoms with E-state index in [0.29, 0.717) is 17.7 Å². The first kappa shape index (κ1) is 32.0. The second kappa shape index (κ2) is 12.3. The van der Waals surface area contributed by atoms with Crippen LogP contribution < -0.4 is 15.5 Å². The molecule has 0 radical (unpaired) electrons. The average Bonchev–Trinajstić information content (AvgIpc) is 2.86. The van der Waals surface area contributed by atoms with Gasteiger partial charge in [0.15, 0.2) is 12.1 Å². The zero-order valence-corrected chi connectivity index (χ0v) is 26.8. The Morgan fingerprint density at radius 3 is 2.45 bits per heavy atom. The van der Waals surface area contributed by atoms with Crippen molar-refractivity contribution in [2.45, 2.75) is 105 Å². The first-order valence-electron chi connectivity index (χ1n) is 15.1. The standard InChI is InChI=1S/C34H49F2N5O/c1-21(2)41(33(5,6)7)30-17-25(16-28(35)23(30)4)31-29(36)18-37-32(39-31)38-26-12-10-22(3)27-14-15-40(20-34(8,9)42)19-24(27)11-13-26/h11,13,16-18,21,32,38-39,42H,10,12,14-15,19-20H2,1-9H3/b24-11-,26-13+,27-22?. The van der Waals surface area contributed by atoms with E-state index in [2.05, 4.69) is 79.1 Å². The maximum absolute atomic E-state index is 15.3. The van der Waals surface area contributed by atoms with Crippen molar-refractivity contribution in [1.29, 1.82) is 0 Å². The molecule has 0 spiro atoms. The molecule has 0 bridgehead atoms. The van der Waals surface area contributed by atoms with Crippen LogP contribution in [0.2, 0.25) is 0 Å². The number of likely N-dealkylation sites (tertiary alicyclic amines) is 1. The van der Waals surface area contributed by atoms with Crippen molar-refractivity contribution in [3.8, 4) is 0 Å². The van der Waals surface area contributed by atoms with Crippen LogP contribution >= 0.6 is 0 Å². The SMILES string of the molecule is CC1=C2CCN(CC(C)(C)O)C/C2=C/C=C(/NC2N=CC(F)=C(c3cc(F)c(C)c(N(C(C)C)C(C)(C)C)c3)N2)CC1. The van der Waals surface area contributed by atoms with Gasteiger partial charge in [-0.2, -0.15) is 0 Å². The minimum atomic E-state index is -0.743. The van der Waals surface area contributed by atoms with E-state index in [1.807, 2.05) is 19.9 Å². The molecule has 1 fully saturated rings. The van der Waals surface area contributed by atoms with Gasteiger partial charge in [0.2, 0.25) is 0 Å². The third-order valence-corrected chi connectivity index (χ3v) is 8.12. The van der Waals surface area contributed by atoms with Crippen molar-refractivity contribution < 1.29 is 13.9 Å². The van der Waals surface area contributed by atoms with Crippen molar-refractivity contribution in [2.75, 3.05) is 24.5 Å². The van der Waals surface area contributed by atoms with Crippen molar-refractivity contribution in [2.24, 2.45) is 4.99 Å². The third-order valence-electron chi connectivity index (χ3n) is 8.12. The Kier molecular flexibility index (Phi) is 9.38. The predicted octanol–water partition coefficient (Wildman–Crippen LogP) is 6.73. The van der Waals surface area contributed by atoms with Gasteiger partial charge in [-0.25, -0.2) is 13.8 Å². The third kappa shape index (κ3) is 7.51. The van der Waals surface area contributed by atoms with Gasteiger partial charge in [-0.3, -0.25) is 4.90 Å². The Balaban J connectivity index is 1.56. The van der Waals surface area contributed by atoms with Crippen LogP contribution in [0.3, 0.4) is 0 Å². The summed E-state index contributed by atoms with van der Waals surface area (Å²) in [6.07, 6.45) is 7.57. The smallest absolute Gasteiger partial charge is 0.194 e. The van der Waals surface area contributed by atoms with E-state index in [4.69, 9.17) is 0 Å². The molecule has 1 saturated heterocycles. The van der Waals surface area contributed by atoms with Gasteiger partial charge in [0.25, 0.3) is 0 Å². The summed E-state index contributed by atoms with van der Waals surface area (Å²) >= 11 is 0. The van der Waals surface area contributed by atoms with Gasteiger partial charge in [0.05, 0.1) is 17.5 Å². The second-order valence-electron chi connectivity index (χ2n) is 13.8. The molecular formula is C34H49F2N5O. The maximum Gasteiger partial charge on any atom is 0.194 e. The first-order chi connectivity index (χ1) is 19.5. The Labute approximate surface area is 251 Å². The van der Waals surface area contributed by atoms with Crippen molar-refractivity contribution in [3.05, 3.63) is 69.5 Å². The number of benzene rings is 1. The molecule has 3 aliphatic rings. The Bertz CT molecular complexity index is 1340. The van der Waals surface area contributed by atoms with Crippen LogP contribution in [0.25, 0.3) is 5.70 Å². The summed E-state index contributed by atoms with van der Waals surface area (Å²) in [6, 6.07) is 3.40. The lowest BCUT2D eigenvalue weighted by molar-refractivity contribution is 0.0377. The van der Waals surface area contributed by atoms with Gasteiger partial charge in [-0.1, -0.05) is 11.6 Å². The lowest BCUT2D eigenvalue weighted by Crippen LogP contribution is -2.46. The zero-order valence-electron chi connectivity index (χ0n) is 26.8. The van der Waals surface area contributed by atoms with E-state index in [1.165, 1.54) is 29.0 Å². The van der Waals surface area contributed by atoms with Gasteiger partial charge in [-0.15, -0.1) is 0 Å². The van der Waals surface area contributed by atoms with Gasteiger partial charge in [0.1, 0.15) is 5.82 Å². The van der Waals surface area contributed by atoms with Crippen LogP contribution in [-0.2, 0) is 0 Å². The van der Waals surface area contributed by atoms with Gasteiger partial charge in [0, 0.05) is 53.7 Å². The molecule has 2 heterocycles. The number of anilines is 1. The lowest BCUT2D eigenvalue weighted by Gasteiger charge is -2.42. The molecule has 6 nitrogen and oxygen atoms in total. The minimum Gasteiger partial charge on any atom is -0.389 e. The zero-order chi connectivity index (χ0) is 31.0. The van der Waals surface area contributed by atoms with Gasteiger partial charge in [-0.05, 0) is 111 Å². The number of β-amino-alcohol motifs (C(OH)–C–C–N with tert-alkyl or cyclic N) is 1. The molecule has 4 rings (SSSR count). The maximum atomic E-state index is 15.3. The number of nitrogens with zero attached hydrogens (tertiary/aromatic N) is 3. The number of hydrogen-bond acceptors (Lipinski definition) is 6. The van der Waals surface area contributed by atoms with E-state index in [-0.39, 0.29) is 23.1 Å². The van der Waals surface area contributed by atoms with Crippen LogP contribution in [-0.4, -0.2) is 59.3 Å². The fourth-order valence-electron chi connectivity index (χ4n) is 6.44. The number of halogens is 2. The highest BCUT2D eigenvalue weighted by atomic mass is 19.1.